The van der Waals surface area contributed by atoms with E-state index in [1.165, 1.54) is 57.8 Å². The third-order valence-corrected chi connectivity index (χ3v) is 4.91. The molecule has 0 aromatic rings. The van der Waals surface area contributed by atoms with Crippen molar-refractivity contribution in [3.63, 3.8) is 0 Å². The van der Waals surface area contributed by atoms with Crippen LogP contribution in [-0.2, 0) is 9.59 Å². The second-order valence-electron chi connectivity index (χ2n) is 6.94. The monoisotopic (exact) mass is 373 g/mol. The lowest BCUT2D eigenvalue weighted by Gasteiger charge is -2.12. The van der Waals surface area contributed by atoms with Crippen molar-refractivity contribution in [1.29, 1.82) is 0 Å². The SMILES string of the molecule is CCCCCCCCCCCCCCC(C(=O)O)C(=O)NCCCS. The molecule has 0 aliphatic heterocycles. The van der Waals surface area contributed by atoms with Crippen molar-refractivity contribution < 1.29 is 14.7 Å². The summed E-state index contributed by atoms with van der Waals surface area (Å²) in [4.78, 5) is 23.1. The molecule has 2 N–H and O–H groups in total. The van der Waals surface area contributed by atoms with Crippen LogP contribution in [0.4, 0.5) is 0 Å². The smallest absolute Gasteiger partial charge is 0.316 e. The van der Waals surface area contributed by atoms with E-state index in [2.05, 4.69) is 24.9 Å². The summed E-state index contributed by atoms with van der Waals surface area (Å²) in [6, 6.07) is 0. The van der Waals surface area contributed by atoms with Crippen LogP contribution in [0.25, 0.3) is 0 Å². The Morgan fingerprint density at radius 1 is 0.840 bits per heavy atom. The van der Waals surface area contributed by atoms with Crippen LogP contribution in [0, 0.1) is 5.92 Å². The van der Waals surface area contributed by atoms with E-state index in [0.29, 0.717) is 18.7 Å². The minimum absolute atomic E-state index is 0.350. The average Bonchev–Trinajstić information content (AvgIpc) is 2.58. The summed E-state index contributed by atoms with van der Waals surface area (Å²) in [5.74, 6) is -1.57. The molecule has 148 valence electrons. The Balaban J connectivity index is 3.56. The molecule has 1 unspecified atom stereocenters. The molecular formula is C20H39NO3S. The largest absolute Gasteiger partial charge is 0.481 e. The predicted molar refractivity (Wildman–Crippen MR) is 108 cm³/mol. The van der Waals surface area contributed by atoms with Gasteiger partial charge >= 0.3 is 5.97 Å². The molecule has 0 saturated heterocycles. The average molecular weight is 374 g/mol. The van der Waals surface area contributed by atoms with Crippen LogP contribution in [0.15, 0.2) is 0 Å². The standard InChI is InChI=1S/C20H39NO3S/c1-2-3-4-5-6-7-8-9-10-11-12-13-15-18(20(23)24)19(22)21-16-14-17-25/h18,25H,2-17H2,1H3,(H,21,22)(H,23,24). The van der Waals surface area contributed by atoms with Gasteiger partial charge in [0.2, 0.25) is 5.91 Å². The number of rotatable bonds is 18. The molecule has 0 bridgehead atoms. The van der Waals surface area contributed by atoms with Gasteiger partial charge in [-0.25, -0.2) is 0 Å². The molecule has 0 fully saturated rings. The van der Waals surface area contributed by atoms with Crippen molar-refractivity contribution in [2.75, 3.05) is 12.3 Å². The molecule has 1 atom stereocenters. The van der Waals surface area contributed by atoms with E-state index in [4.69, 9.17) is 0 Å². The van der Waals surface area contributed by atoms with E-state index in [-0.39, 0.29) is 5.91 Å². The molecular weight excluding hydrogens is 334 g/mol. The van der Waals surface area contributed by atoms with Gasteiger partial charge in [-0.2, -0.15) is 12.6 Å². The highest BCUT2D eigenvalue weighted by molar-refractivity contribution is 7.80. The number of carboxylic acids is 1. The highest BCUT2D eigenvalue weighted by Crippen LogP contribution is 2.15. The molecule has 0 aromatic heterocycles. The number of carbonyl (C=O) groups is 2. The van der Waals surface area contributed by atoms with Crippen LogP contribution < -0.4 is 5.32 Å². The fourth-order valence-corrected chi connectivity index (χ4v) is 3.13. The third-order valence-electron chi connectivity index (χ3n) is 4.60. The summed E-state index contributed by atoms with van der Waals surface area (Å²) >= 11 is 4.08. The lowest BCUT2D eigenvalue weighted by atomic mass is 9.99. The molecule has 4 nitrogen and oxygen atoms in total. The van der Waals surface area contributed by atoms with Crippen molar-refractivity contribution >= 4 is 24.5 Å². The fourth-order valence-electron chi connectivity index (χ4n) is 2.97. The quantitative estimate of drug-likeness (QED) is 0.175. The summed E-state index contributed by atoms with van der Waals surface area (Å²) in [5, 5.41) is 11.9. The van der Waals surface area contributed by atoms with E-state index in [9.17, 15) is 14.7 Å². The van der Waals surface area contributed by atoms with Gasteiger partial charge in [0.15, 0.2) is 0 Å². The highest BCUT2D eigenvalue weighted by Gasteiger charge is 2.24. The van der Waals surface area contributed by atoms with Gasteiger partial charge in [-0.3, -0.25) is 9.59 Å². The molecule has 0 aromatic carbocycles. The fraction of sp³-hybridized carbons (Fsp3) is 0.900. The molecule has 1 amide bonds. The topological polar surface area (TPSA) is 66.4 Å². The van der Waals surface area contributed by atoms with E-state index >= 15 is 0 Å². The number of carbonyl (C=O) groups excluding carboxylic acids is 1. The third kappa shape index (κ3) is 15.3. The van der Waals surface area contributed by atoms with E-state index in [1.807, 2.05) is 0 Å². The van der Waals surface area contributed by atoms with Gasteiger partial charge in [0.05, 0.1) is 0 Å². The van der Waals surface area contributed by atoms with Gasteiger partial charge in [0.1, 0.15) is 5.92 Å². The molecule has 0 aliphatic carbocycles. The first kappa shape index (κ1) is 24.3. The van der Waals surface area contributed by atoms with Crippen molar-refractivity contribution in [2.24, 2.45) is 5.92 Å². The Kier molecular flexibility index (Phi) is 17.6. The normalized spacial score (nSPS) is 12.1. The predicted octanol–water partition coefficient (Wildman–Crippen LogP) is 5.21. The van der Waals surface area contributed by atoms with Crippen molar-refractivity contribution in [1.82, 2.24) is 5.32 Å². The maximum Gasteiger partial charge on any atom is 0.316 e. The van der Waals surface area contributed by atoms with Crippen LogP contribution in [-0.4, -0.2) is 29.3 Å². The van der Waals surface area contributed by atoms with Gasteiger partial charge in [0, 0.05) is 6.54 Å². The zero-order valence-electron chi connectivity index (χ0n) is 16.1. The molecule has 0 saturated carbocycles. The highest BCUT2D eigenvalue weighted by atomic mass is 32.1. The van der Waals surface area contributed by atoms with Crippen LogP contribution in [0.2, 0.25) is 0 Å². The second-order valence-corrected chi connectivity index (χ2v) is 7.38. The Labute approximate surface area is 159 Å². The lowest BCUT2D eigenvalue weighted by molar-refractivity contribution is -0.147. The van der Waals surface area contributed by atoms with Crippen molar-refractivity contribution in [2.45, 2.75) is 96.8 Å². The molecule has 5 heteroatoms. The first-order chi connectivity index (χ1) is 12.1. The summed E-state index contributed by atoms with van der Waals surface area (Å²) in [7, 11) is 0. The Hall–Kier alpha value is -0.710. The van der Waals surface area contributed by atoms with Gasteiger partial charge in [-0.1, -0.05) is 84.0 Å². The first-order valence-corrected chi connectivity index (χ1v) is 10.9. The zero-order valence-corrected chi connectivity index (χ0v) is 17.0. The molecule has 0 aliphatic rings. The first-order valence-electron chi connectivity index (χ1n) is 10.2. The summed E-state index contributed by atoms with van der Waals surface area (Å²) in [5.41, 5.74) is 0. The van der Waals surface area contributed by atoms with Gasteiger partial charge in [0.25, 0.3) is 0 Å². The Morgan fingerprint density at radius 2 is 1.32 bits per heavy atom. The molecule has 0 heterocycles. The van der Waals surface area contributed by atoms with Gasteiger partial charge < -0.3 is 10.4 Å². The molecule has 0 rings (SSSR count). The molecule has 0 spiro atoms. The minimum atomic E-state index is -1.01. The Bertz CT molecular complexity index is 337. The number of unbranched alkanes of at least 4 members (excludes halogenated alkanes) is 11. The van der Waals surface area contributed by atoms with Crippen LogP contribution >= 0.6 is 12.6 Å². The van der Waals surface area contributed by atoms with E-state index in [0.717, 1.165) is 25.7 Å². The number of nitrogens with one attached hydrogen (secondary N) is 1. The zero-order chi connectivity index (χ0) is 18.8. The second kappa shape index (κ2) is 18.1. The number of hydrogen-bond donors (Lipinski definition) is 3. The maximum atomic E-state index is 11.9. The number of carboxylic acid groups (broad SMARTS) is 1. The molecule has 25 heavy (non-hydrogen) atoms. The summed E-state index contributed by atoms with van der Waals surface area (Å²) in [6.07, 6.45) is 16.1. The van der Waals surface area contributed by atoms with Crippen LogP contribution in [0.1, 0.15) is 96.8 Å². The summed E-state index contributed by atoms with van der Waals surface area (Å²) in [6.45, 7) is 2.75. The minimum Gasteiger partial charge on any atom is -0.481 e. The van der Waals surface area contributed by atoms with E-state index in [1.54, 1.807) is 0 Å². The number of amides is 1. The lowest BCUT2D eigenvalue weighted by Crippen LogP contribution is -2.36. The Morgan fingerprint density at radius 3 is 1.76 bits per heavy atom. The van der Waals surface area contributed by atoms with Crippen LogP contribution in [0.5, 0.6) is 0 Å². The van der Waals surface area contributed by atoms with Crippen LogP contribution in [0.3, 0.4) is 0 Å². The van der Waals surface area contributed by atoms with Crippen molar-refractivity contribution in [3.8, 4) is 0 Å². The van der Waals surface area contributed by atoms with Crippen molar-refractivity contribution in [3.05, 3.63) is 0 Å². The van der Waals surface area contributed by atoms with Gasteiger partial charge in [-0.15, -0.1) is 0 Å². The number of thiol groups is 1. The van der Waals surface area contributed by atoms with E-state index < -0.39 is 11.9 Å². The van der Waals surface area contributed by atoms with Gasteiger partial charge in [-0.05, 0) is 18.6 Å². The summed E-state index contributed by atoms with van der Waals surface area (Å²) < 4.78 is 0. The maximum absolute atomic E-state index is 11.9. The molecule has 0 radical (unpaired) electrons. The number of aliphatic carboxylic acids is 1. The number of hydrogen-bond acceptors (Lipinski definition) is 3.